The zero-order chi connectivity index (χ0) is 19.2. The molecule has 0 bridgehead atoms. The van der Waals surface area contributed by atoms with Gasteiger partial charge in [0.1, 0.15) is 5.76 Å². The Hall–Kier alpha value is -3.16. The van der Waals surface area contributed by atoms with Crippen molar-refractivity contribution in [1.29, 1.82) is 0 Å². The third kappa shape index (κ3) is 4.72. The number of piperidine rings is 1. The lowest BCUT2D eigenvalue weighted by atomic mass is 9.95. The molecule has 1 aliphatic heterocycles. The summed E-state index contributed by atoms with van der Waals surface area (Å²) in [7, 11) is 0. The van der Waals surface area contributed by atoms with Crippen molar-refractivity contribution in [1.82, 2.24) is 10.2 Å². The van der Waals surface area contributed by atoms with Crippen molar-refractivity contribution in [3.05, 3.63) is 64.1 Å². The van der Waals surface area contributed by atoms with Crippen molar-refractivity contribution < 1.29 is 18.9 Å². The van der Waals surface area contributed by atoms with Gasteiger partial charge in [0.15, 0.2) is 0 Å². The number of para-hydroxylation sites is 1. The molecule has 8 nitrogen and oxygen atoms in total. The fourth-order valence-corrected chi connectivity index (χ4v) is 3.24. The number of carbonyl (C=O) groups excluding carboxylic acids is 2. The van der Waals surface area contributed by atoms with Crippen LogP contribution in [-0.2, 0) is 22.6 Å². The molecule has 1 aliphatic rings. The molecule has 142 valence electrons. The minimum Gasteiger partial charge on any atom is -0.467 e. The monoisotopic (exact) mass is 371 g/mol. The van der Waals surface area contributed by atoms with Gasteiger partial charge in [0.25, 0.3) is 5.69 Å². The van der Waals surface area contributed by atoms with Gasteiger partial charge in [-0.05, 0) is 25.0 Å². The Balaban J connectivity index is 1.49. The van der Waals surface area contributed by atoms with Crippen molar-refractivity contribution >= 4 is 17.5 Å². The van der Waals surface area contributed by atoms with Crippen LogP contribution in [0, 0.1) is 16.0 Å². The molecule has 1 N–H and O–H groups in total. The van der Waals surface area contributed by atoms with Crippen LogP contribution in [-0.4, -0.2) is 34.7 Å². The average molecular weight is 371 g/mol. The number of nitrogens with one attached hydrogen (secondary N) is 1. The number of hydrogen-bond donors (Lipinski definition) is 1. The number of nitrogens with zero attached hydrogens (tertiary/aromatic N) is 2. The first-order valence-corrected chi connectivity index (χ1v) is 8.84. The van der Waals surface area contributed by atoms with Gasteiger partial charge in [0.2, 0.25) is 11.8 Å². The van der Waals surface area contributed by atoms with Gasteiger partial charge in [-0.3, -0.25) is 19.7 Å². The number of likely N-dealkylation sites (tertiary alicyclic amines) is 1. The maximum atomic E-state index is 12.5. The van der Waals surface area contributed by atoms with Crippen molar-refractivity contribution in [3.8, 4) is 0 Å². The third-order valence-electron chi connectivity index (χ3n) is 4.77. The predicted molar refractivity (Wildman–Crippen MR) is 96.7 cm³/mol. The first kappa shape index (κ1) is 18.6. The zero-order valence-electron chi connectivity index (χ0n) is 14.8. The maximum absolute atomic E-state index is 12.5. The van der Waals surface area contributed by atoms with Crippen LogP contribution in [0.3, 0.4) is 0 Å². The molecule has 1 saturated heterocycles. The van der Waals surface area contributed by atoms with E-state index < -0.39 is 4.92 Å². The van der Waals surface area contributed by atoms with Gasteiger partial charge in [0, 0.05) is 30.6 Å². The van der Waals surface area contributed by atoms with Crippen molar-refractivity contribution in [3.63, 3.8) is 0 Å². The number of amides is 2. The van der Waals surface area contributed by atoms with E-state index in [1.807, 2.05) is 0 Å². The minimum atomic E-state index is -0.474. The number of hydrogen-bond acceptors (Lipinski definition) is 5. The second-order valence-electron chi connectivity index (χ2n) is 6.51. The summed E-state index contributed by atoms with van der Waals surface area (Å²) in [6.45, 7) is 1.29. The first-order valence-electron chi connectivity index (χ1n) is 8.84. The molecule has 27 heavy (non-hydrogen) atoms. The van der Waals surface area contributed by atoms with E-state index in [0.717, 1.165) is 0 Å². The Labute approximate surface area is 156 Å². The summed E-state index contributed by atoms with van der Waals surface area (Å²) in [5.41, 5.74) is 0.365. The normalized spacial score (nSPS) is 14.7. The van der Waals surface area contributed by atoms with Crippen LogP contribution in [0.5, 0.6) is 0 Å². The molecule has 0 radical (unpaired) electrons. The molecule has 1 aromatic heterocycles. The molecule has 0 atom stereocenters. The summed E-state index contributed by atoms with van der Waals surface area (Å²) in [6.07, 6.45) is 2.70. The van der Waals surface area contributed by atoms with E-state index in [9.17, 15) is 19.7 Å². The van der Waals surface area contributed by atoms with E-state index in [1.54, 1.807) is 41.5 Å². The molecule has 8 heteroatoms. The summed E-state index contributed by atoms with van der Waals surface area (Å²) in [5.74, 6) is 0.353. The molecule has 1 aromatic carbocycles. The SMILES string of the molecule is O=C(NCc1ccco1)C1CCN(C(=O)Cc2ccccc2[N+](=O)[O-])CC1. The highest BCUT2D eigenvalue weighted by molar-refractivity contribution is 5.81. The fraction of sp³-hybridized carbons (Fsp3) is 0.368. The number of benzene rings is 1. The Bertz CT molecular complexity index is 811. The highest BCUT2D eigenvalue weighted by atomic mass is 16.6. The lowest BCUT2D eigenvalue weighted by molar-refractivity contribution is -0.385. The molecular weight excluding hydrogens is 350 g/mol. The Morgan fingerprint density at radius 2 is 1.93 bits per heavy atom. The second-order valence-corrected chi connectivity index (χ2v) is 6.51. The van der Waals surface area contributed by atoms with Crippen molar-refractivity contribution in [2.24, 2.45) is 5.92 Å². The van der Waals surface area contributed by atoms with E-state index in [4.69, 9.17) is 4.42 Å². The number of carbonyl (C=O) groups is 2. The van der Waals surface area contributed by atoms with Crippen LogP contribution in [0.25, 0.3) is 0 Å². The van der Waals surface area contributed by atoms with E-state index >= 15 is 0 Å². The van der Waals surface area contributed by atoms with Crippen LogP contribution < -0.4 is 5.32 Å². The molecule has 0 aliphatic carbocycles. The van der Waals surface area contributed by atoms with Gasteiger partial charge >= 0.3 is 0 Å². The topological polar surface area (TPSA) is 106 Å². The Kier molecular flexibility index (Phi) is 5.85. The van der Waals surface area contributed by atoms with Gasteiger partial charge < -0.3 is 14.6 Å². The lowest BCUT2D eigenvalue weighted by Crippen LogP contribution is -2.43. The summed E-state index contributed by atoms with van der Waals surface area (Å²) in [6, 6.07) is 9.83. The van der Waals surface area contributed by atoms with Gasteiger partial charge in [-0.15, -0.1) is 0 Å². The van der Waals surface area contributed by atoms with E-state index in [2.05, 4.69) is 5.32 Å². The highest BCUT2D eigenvalue weighted by Crippen LogP contribution is 2.22. The van der Waals surface area contributed by atoms with Gasteiger partial charge in [-0.25, -0.2) is 0 Å². The second kappa shape index (κ2) is 8.48. The minimum absolute atomic E-state index is 0.00743. The Morgan fingerprint density at radius 1 is 1.19 bits per heavy atom. The van der Waals surface area contributed by atoms with Gasteiger partial charge in [-0.1, -0.05) is 18.2 Å². The van der Waals surface area contributed by atoms with E-state index in [0.29, 0.717) is 43.8 Å². The van der Waals surface area contributed by atoms with Crippen LogP contribution >= 0.6 is 0 Å². The van der Waals surface area contributed by atoms with Crippen LogP contribution in [0.2, 0.25) is 0 Å². The van der Waals surface area contributed by atoms with Crippen molar-refractivity contribution in [2.75, 3.05) is 13.1 Å². The summed E-state index contributed by atoms with van der Waals surface area (Å²) in [5, 5.41) is 13.9. The smallest absolute Gasteiger partial charge is 0.273 e. The predicted octanol–water partition coefficient (Wildman–Crippen LogP) is 2.29. The number of rotatable bonds is 6. The van der Waals surface area contributed by atoms with Gasteiger partial charge in [0.05, 0.1) is 24.2 Å². The highest BCUT2D eigenvalue weighted by Gasteiger charge is 2.28. The molecule has 0 unspecified atom stereocenters. The van der Waals surface area contributed by atoms with Crippen LogP contribution in [0.1, 0.15) is 24.2 Å². The fourth-order valence-electron chi connectivity index (χ4n) is 3.24. The van der Waals surface area contributed by atoms with Gasteiger partial charge in [-0.2, -0.15) is 0 Å². The molecule has 2 aromatic rings. The standard InChI is InChI=1S/C19H21N3O5/c23-18(12-15-4-1-2-6-17(15)22(25)26)21-9-7-14(8-10-21)19(24)20-13-16-5-3-11-27-16/h1-6,11,14H,7-10,12-13H2,(H,20,24). The molecule has 0 spiro atoms. The largest absolute Gasteiger partial charge is 0.467 e. The van der Waals surface area contributed by atoms with Crippen molar-refractivity contribution in [2.45, 2.75) is 25.8 Å². The number of nitro groups is 1. The lowest BCUT2D eigenvalue weighted by Gasteiger charge is -2.31. The van der Waals surface area contributed by atoms with E-state index in [-0.39, 0.29) is 29.8 Å². The molecule has 0 saturated carbocycles. The first-order chi connectivity index (χ1) is 13.0. The molecule has 2 amide bonds. The molecule has 3 rings (SSSR count). The zero-order valence-corrected chi connectivity index (χ0v) is 14.8. The maximum Gasteiger partial charge on any atom is 0.273 e. The Morgan fingerprint density at radius 3 is 2.59 bits per heavy atom. The molecular formula is C19H21N3O5. The molecule has 2 heterocycles. The third-order valence-corrected chi connectivity index (χ3v) is 4.77. The number of furan rings is 1. The molecule has 1 fully saturated rings. The quantitative estimate of drug-likeness (QED) is 0.619. The van der Waals surface area contributed by atoms with E-state index in [1.165, 1.54) is 6.07 Å². The summed E-state index contributed by atoms with van der Waals surface area (Å²) in [4.78, 5) is 37.0. The summed E-state index contributed by atoms with van der Waals surface area (Å²) >= 11 is 0. The van der Waals surface area contributed by atoms with Crippen LogP contribution in [0.4, 0.5) is 5.69 Å². The van der Waals surface area contributed by atoms with Crippen LogP contribution in [0.15, 0.2) is 47.1 Å². The average Bonchev–Trinajstić information content (AvgIpc) is 3.20. The number of nitro benzene ring substituents is 1. The summed E-state index contributed by atoms with van der Waals surface area (Å²) < 4.78 is 5.19.